The average Bonchev–Trinajstić information content (AvgIpc) is 2.33. The maximum Gasteiger partial charge on any atom is 0.162 e. The molecule has 1 aliphatic rings. The number of aryl methyl sites for hydroxylation is 1. The van der Waals surface area contributed by atoms with E-state index in [1.54, 1.807) is 19.1 Å². The molecule has 1 aromatic carbocycles. The van der Waals surface area contributed by atoms with Crippen molar-refractivity contribution < 1.29 is 8.78 Å². The Kier molecular flexibility index (Phi) is 3.77. The Morgan fingerprint density at radius 3 is 2.65 bits per heavy atom. The van der Waals surface area contributed by atoms with E-state index in [0.717, 1.165) is 19.4 Å². The van der Waals surface area contributed by atoms with Gasteiger partial charge in [0.2, 0.25) is 0 Å². The van der Waals surface area contributed by atoms with Crippen molar-refractivity contribution in [3.05, 3.63) is 34.9 Å². The number of hydrogen-bond donors (Lipinski definition) is 1. The minimum atomic E-state index is -0.695. The average molecular weight is 239 g/mol. The summed E-state index contributed by atoms with van der Waals surface area (Å²) in [6, 6.07) is 3.92. The molecule has 2 atom stereocenters. The van der Waals surface area contributed by atoms with E-state index < -0.39 is 11.6 Å². The molecule has 0 saturated carbocycles. The fraction of sp³-hybridized carbons (Fsp3) is 0.571. The summed E-state index contributed by atoms with van der Waals surface area (Å²) in [4.78, 5) is 0. The second-order valence-corrected chi connectivity index (χ2v) is 5.13. The number of piperidine rings is 1. The van der Waals surface area contributed by atoms with Crippen molar-refractivity contribution in [1.29, 1.82) is 0 Å². The van der Waals surface area contributed by atoms with Gasteiger partial charge in [0.15, 0.2) is 11.6 Å². The van der Waals surface area contributed by atoms with E-state index in [4.69, 9.17) is 0 Å². The summed E-state index contributed by atoms with van der Waals surface area (Å²) in [6.45, 7) is 4.64. The zero-order valence-electron chi connectivity index (χ0n) is 10.4. The second-order valence-electron chi connectivity index (χ2n) is 5.13. The van der Waals surface area contributed by atoms with Gasteiger partial charge in [-0.2, -0.15) is 0 Å². The van der Waals surface area contributed by atoms with Gasteiger partial charge in [0.05, 0.1) is 0 Å². The van der Waals surface area contributed by atoms with Gasteiger partial charge in [-0.15, -0.1) is 0 Å². The zero-order valence-corrected chi connectivity index (χ0v) is 10.4. The first-order valence-corrected chi connectivity index (χ1v) is 6.24. The van der Waals surface area contributed by atoms with Crippen LogP contribution in [0.3, 0.4) is 0 Å². The molecule has 2 unspecified atom stereocenters. The summed E-state index contributed by atoms with van der Waals surface area (Å²) in [5.74, 6) is -0.939. The predicted molar refractivity (Wildman–Crippen MR) is 65.0 cm³/mol. The Balaban J connectivity index is 2.06. The second kappa shape index (κ2) is 5.13. The van der Waals surface area contributed by atoms with Gasteiger partial charge in [0, 0.05) is 6.04 Å². The Hall–Kier alpha value is -0.960. The summed E-state index contributed by atoms with van der Waals surface area (Å²) < 4.78 is 27.1. The summed E-state index contributed by atoms with van der Waals surface area (Å²) in [5, 5.41) is 3.38. The molecule has 17 heavy (non-hydrogen) atoms. The van der Waals surface area contributed by atoms with Crippen molar-refractivity contribution in [2.24, 2.45) is 5.92 Å². The standard InChI is InChI=1S/C14H19F2N/c1-9-3-6-12(14(16)13(9)15)7-11-5-4-10(2)17-8-11/h3,6,10-11,17H,4-5,7-8H2,1-2H3. The first kappa shape index (κ1) is 12.5. The van der Waals surface area contributed by atoms with E-state index >= 15 is 0 Å². The van der Waals surface area contributed by atoms with Crippen LogP contribution in [-0.4, -0.2) is 12.6 Å². The highest BCUT2D eigenvalue weighted by Gasteiger charge is 2.20. The van der Waals surface area contributed by atoms with Crippen LogP contribution in [0.25, 0.3) is 0 Å². The van der Waals surface area contributed by atoms with Crippen molar-refractivity contribution in [2.45, 2.75) is 39.2 Å². The lowest BCUT2D eigenvalue weighted by molar-refractivity contribution is 0.318. The lowest BCUT2D eigenvalue weighted by Gasteiger charge is -2.27. The first-order chi connectivity index (χ1) is 8.08. The fourth-order valence-electron chi connectivity index (χ4n) is 2.39. The zero-order chi connectivity index (χ0) is 12.4. The number of halogens is 2. The summed E-state index contributed by atoms with van der Waals surface area (Å²) >= 11 is 0. The van der Waals surface area contributed by atoms with Gasteiger partial charge in [-0.3, -0.25) is 0 Å². The Morgan fingerprint density at radius 1 is 1.24 bits per heavy atom. The maximum absolute atomic E-state index is 13.7. The smallest absolute Gasteiger partial charge is 0.162 e. The van der Waals surface area contributed by atoms with E-state index in [-0.39, 0.29) is 0 Å². The van der Waals surface area contributed by atoms with Crippen LogP contribution in [0.2, 0.25) is 0 Å². The fourth-order valence-corrected chi connectivity index (χ4v) is 2.39. The molecule has 1 aromatic rings. The molecule has 1 nitrogen and oxygen atoms in total. The van der Waals surface area contributed by atoms with Crippen molar-refractivity contribution in [2.75, 3.05) is 6.54 Å². The normalized spacial score (nSPS) is 24.9. The SMILES string of the molecule is Cc1ccc(CC2CCC(C)NC2)c(F)c1F. The molecule has 2 rings (SSSR count). The molecule has 1 fully saturated rings. The van der Waals surface area contributed by atoms with E-state index in [0.29, 0.717) is 29.5 Å². The van der Waals surface area contributed by atoms with Crippen molar-refractivity contribution in [1.82, 2.24) is 5.32 Å². The van der Waals surface area contributed by atoms with Gasteiger partial charge in [-0.05, 0) is 56.7 Å². The molecule has 1 aliphatic heterocycles. The van der Waals surface area contributed by atoms with E-state index in [1.807, 2.05) is 0 Å². The minimum absolute atomic E-state index is 0.377. The molecule has 0 amide bonds. The molecule has 0 radical (unpaired) electrons. The Morgan fingerprint density at radius 2 is 2.00 bits per heavy atom. The van der Waals surface area contributed by atoms with E-state index in [9.17, 15) is 8.78 Å². The summed E-state index contributed by atoms with van der Waals surface area (Å²) in [5.41, 5.74) is 0.885. The molecule has 0 aliphatic carbocycles. The lowest BCUT2D eigenvalue weighted by atomic mass is 9.89. The topological polar surface area (TPSA) is 12.0 Å². The van der Waals surface area contributed by atoms with Crippen LogP contribution in [0, 0.1) is 24.5 Å². The largest absolute Gasteiger partial charge is 0.314 e. The number of hydrogen-bond acceptors (Lipinski definition) is 1. The highest BCUT2D eigenvalue weighted by molar-refractivity contribution is 5.25. The maximum atomic E-state index is 13.7. The monoisotopic (exact) mass is 239 g/mol. The molecule has 1 N–H and O–H groups in total. The quantitative estimate of drug-likeness (QED) is 0.835. The molecule has 1 saturated heterocycles. The van der Waals surface area contributed by atoms with Crippen LogP contribution < -0.4 is 5.32 Å². The first-order valence-electron chi connectivity index (χ1n) is 6.24. The lowest BCUT2D eigenvalue weighted by Crippen LogP contribution is -2.37. The number of rotatable bonds is 2. The summed E-state index contributed by atoms with van der Waals surface area (Å²) in [7, 11) is 0. The van der Waals surface area contributed by atoms with Crippen molar-refractivity contribution >= 4 is 0 Å². The number of benzene rings is 1. The molecule has 1 heterocycles. The van der Waals surface area contributed by atoms with Crippen LogP contribution in [-0.2, 0) is 6.42 Å². The molecule has 0 spiro atoms. The van der Waals surface area contributed by atoms with Crippen LogP contribution >= 0.6 is 0 Å². The molecular formula is C14H19F2N. The molecule has 94 valence electrons. The van der Waals surface area contributed by atoms with Gasteiger partial charge in [-0.1, -0.05) is 12.1 Å². The van der Waals surface area contributed by atoms with Gasteiger partial charge < -0.3 is 5.32 Å². The van der Waals surface area contributed by atoms with Crippen LogP contribution in [0.4, 0.5) is 8.78 Å². The van der Waals surface area contributed by atoms with Crippen molar-refractivity contribution in [3.63, 3.8) is 0 Å². The van der Waals surface area contributed by atoms with E-state index in [1.165, 1.54) is 0 Å². The molecule has 0 aromatic heterocycles. The van der Waals surface area contributed by atoms with Crippen molar-refractivity contribution in [3.8, 4) is 0 Å². The Bertz CT molecular complexity index is 395. The van der Waals surface area contributed by atoms with E-state index in [2.05, 4.69) is 12.2 Å². The summed E-state index contributed by atoms with van der Waals surface area (Å²) in [6.07, 6.45) is 2.83. The van der Waals surface area contributed by atoms with Crippen LogP contribution in [0.15, 0.2) is 12.1 Å². The van der Waals surface area contributed by atoms with Gasteiger partial charge in [0.25, 0.3) is 0 Å². The predicted octanol–water partition coefficient (Wildman–Crippen LogP) is 3.20. The highest BCUT2D eigenvalue weighted by atomic mass is 19.2. The van der Waals surface area contributed by atoms with Gasteiger partial charge in [0.1, 0.15) is 0 Å². The molecular weight excluding hydrogens is 220 g/mol. The molecule has 0 bridgehead atoms. The van der Waals surface area contributed by atoms with Gasteiger partial charge >= 0.3 is 0 Å². The highest BCUT2D eigenvalue weighted by Crippen LogP contribution is 2.23. The Labute approximate surface area is 101 Å². The third kappa shape index (κ3) is 2.83. The third-order valence-corrected chi connectivity index (χ3v) is 3.63. The van der Waals surface area contributed by atoms with Crippen LogP contribution in [0.1, 0.15) is 30.9 Å². The van der Waals surface area contributed by atoms with Crippen LogP contribution in [0.5, 0.6) is 0 Å². The minimum Gasteiger partial charge on any atom is -0.314 e. The molecule has 3 heteroatoms. The third-order valence-electron chi connectivity index (χ3n) is 3.63. The number of nitrogens with one attached hydrogen (secondary N) is 1. The van der Waals surface area contributed by atoms with Gasteiger partial charge in [-0.25, -0.2) is 8.78 Å².